The summed E-state index contributed by atoms with van der Waals surface area (Å²) in [6.07, 6.45) is 1.50. The number of hydrogen-bond acceptors (Lipinski definition) is 3. The molecule has 2 rings (SSSR count). The average Bonchev–Trinajstić information content (AvgIpc) is 2.20. The van der Waals surface area contributed by atoms with E-state index in [1.165, 1.54) is 12.1 Å². The second-order valence-electron chi connectivity index (χ2n) is 2.88. The standard InChI is InChI=1S/C11H8O3/c1-2-7-3-4-8-5-6-9(12)14-11(8)10(7)13/h2-6,13H,1H2. The lowest BCUT2D eigenvalue weighted by molar-refractivity contribution is 0.456. The summed E-state index contributed by atoms with van der Waals surface area (Å²) in [6, 6.07) is 6.39. The molecule has 1 aromatic carbocycles. The van der Waals surface area contributed by atoms with Crippen molar-refractivity contribution in [3.63, 3.8) is 0 Å². The quantitative estimate of drug-likeness (QED) is 0.697. The zero-order chi connectivity index (χ0) is 10.1. The van der Waals surface area contributed by atoms with Crippen molar-refractivity contribution in [2.75, 3.05) is 0 Å². The molecule has 0 saturated heterocycles. The summed E-state index contributed by atoms with van der Waals surface area (Å²) in [7, 11) is 0. The molecule has 1 N–H and O–H groups in total. The van der Waals surface area contributed by atoms with E-state index in [-0.39, 0.29) is 11.3 Å². The van der Waals surface area contributed by atoms with Crippen LogP contribution in [0.25, 0.3) is 17.0 Å². The predicted octanol–water partition coefficient (Wildman–Crippen LogP) is 2.14. The monoisotopic (exact) mass is 188 g/mol. The second kappa shape index (κ2) is 3.03. The number of phenols is 1. The summed E-state index contributed by atoms with van der Waals surface area (Å²) in [5.74, 6) is -0.0461. The highest BCUT2D eigenvalue weighted by molar-refractivity contribution is 5.86. The SMILES string of the molecule is C=Cc1ccc2ccc(=O)oc2c1O. The highest BCUT2D eigenvalue weighted by atomic mass is 16.4. The van der Waals surface area contributed by atoms with Gasteiger partial charge in [0, 0.05) is 17.0 Å². The van der Waals surface area contributed by atoms with Crippen molar-refractivity contribution in [3.8, 4) is 5.75 Å². The lowest BCUT2D eigenvalue weighted by Crippen LogP contribution is -1.94. The Morgan fingerprint density at radius 2 is 2.00 bits per heavy atom. The number of phenolic OH excluding ortho intramolecular Hbond substituents is 1. The molecule has 1 heterocycles. The zero-order valence-corrected chi connectivity index (χ0v) is 7.36. The van der Waals surface area contributed by atoms with E-state index in [1.807, 2.05) is 0 Å². The molecular formula is C11H8O3. The molecule has 0 amide bonds. The van der Waals surface area contributed by atoms with Crippen LogP contribution in [0, 0.1) is 0 Å². The molecule has 0 unspecified atom stereocenters. The van der Waals surface area contributed by atoms with Crippen molar-refractivity contribution in [2.24, 2.45) is 0 Å². The number of hydrogen-bond donors (Lipinski definition) is 1. The number of rotatable bonds is 1. The Bertz CT molecular complexity index is 552. The maximum atomic E-state index is 10.9. The largest absolute Gasteiger partial charge is 0.504 e. The van der Waals surface area contributed by atoms with Gasteiger partial charge < -0.3 is 9.52 Å². The first-order chi connectivity index (χ1) is 6.72. The molecule has 3 nitrogen and oxygen atoms in total. The van der Waals surface area contributed by atoms with E-state index < -0.39 is 5.63 Å². The number of aromatic hydroxyl groups is 1. The molecule has 3 heteroatoms. The predicted molar refractivity (Wildman–Crippen MR) is 54.2 cm³/mol. The Morgan fingerprint density at radius 3 is 2.71 bits per heavy atom. The highest BCUT2D eigenvalue weighted by Crippen LogP contribution is 2.27. The van der Waals surface area contributed by atoms with E-state index in [1.54, 1.807) is 18.2 Å². The molecule has 0 bridgehead atoms. The van der Waals surface area contributed by atoms with Gasteiger partial charge in [0.1, 0.15) is 0 Å². The van der Waals surface area contributed by atoms with Crippen LogP contribution in [0.15, 0.2) is 40.1 Å². The average molecular weight is 188 g/mol. The van der Waals surface area contributed by atoms with Gasteiger partial charge in [-0.2, -0.15) is 0 Å². The molecule has 0 fully saturated rings. The lowest BCUT2D eigenvalue weighted by Gasteiger charge is -2.01. The fourth-order valence-corrected chi connectivity index (χ4v) is 1.30. The van der Waals surface area contributed by atoms with Crippen molar-refractivity contribution < 1.29 is 9.52 Å². The van der Waals surface area contributed by atoms with Gasteiger partial charge in [-0.05, 0) is 6.07 Å². The molecule has 0 radical (unpaired) electrons. The van der Waals surface area contributed by atoms with Crippen LogP contribution in [0.2, 0.25) is 0 Å². The van der Waals surface area contributed by atoms with Crippen LogP contribution in [-0.4, -0.2) is 5.11 Å². The van der Waals surface area contributed by atoms with Gasteiger partial charge in [0.05, 0.1) is 0 Å². The summed E-state index contributed by atoms with van der Waals surface area (Å²) >= 11 is 0. The van der Waals surface area contributed by atoms with Gasteiger partial charge in [-0.25, -0.2) is 4.79 Å². The molecule has 0 saturated carbocycles. The molecule has 0 aliphatic rings. The Kier molecular flexibility index (Phi) is 1.85. The number of benzene rings is 1. The Hall–Kier alpha value is -2.03. The smallest absolute Gasteiger partial charge is 0.336 e. The first-order valence-electron chi connectivity index (χ1n) is 4.10. The molecule has 70 valence electrons. The third-order valence-corrected chi connectivity index (χ3v) is 2.01. The molecule has 0 aliphatic heterocycles. The van der Waals surface area contributed by atoms with Gasteiger partial charge in [0.25, 0.3) is 0 Å². The van der Waals surface area contributed by atoms with Gasteiger partial charge in [0.15, 0.2) is 11.3 Å². The summed E-state index contributed by atoms with van der Waals surface area (Å²) < 4.78 is 4.88. The van der Waals surface area contributed by atoms with Gasteiger partial charge in [-0.15, -0.1) is 0 Å². The van der Waals surface area contributed by atoms with E-state index >= 15 is 0 Å². The van der Waals surface area contributed by atoms with E-state index in [0.29, 0.717) is 10.9 Å². The summed E-state index contributed by atoms with van der Waals surface area (Å²) in [4.78, 5) is 10.9. The molecule has 0 aliphatic carbocycles. The van der Waals surface area contributed by atoms with E-state index in [4.69, 9.17) is 4.42 Å². The van der Waals surface area contributed by atoms with Gasteiger partial charge in [0.2, 0.25) is 0 Å². The summed E-state index contributed by atoms with van der Waals surface area (Å²) in [5.41, 5.74) is 0.274. The van der Waals surface area contributed by atoms with Crippen LogP contribution in [0.4, 0.5) is 0 Å². The zero-order valence-electron chi connectivity index (χ0n) is 7.36. The molecule has 2 aromatic rings. The Balaban J connectivity index is 2.93. The molecule has 1 aromatic heterocycles. The van der Waals surface area contributed by atoms with Crippen LogP contribution in [-0.2, 0) is 0 Å². The number of fused-ring (bicyclic) bond motifs is 1. The van der Waals surface area contributed by atoms with Gasteiger partial charge in [-0.1, -0.05) is 24.8 Å². The van der Waals surface area contributed by atoms with Crippen molar-refractivity contribution in [1.29, 1.82) is 0 Å². The molecule has 0 atom stereocenters. The van der Waals surface area contributed by atoms with E-state index in [2.05, 4.69) is 6.58 Å². The van der Waals surface area contributed by atoms with Gasteiger partial charge >= 0.3 is 5.63 Å². The van der Waals surface area contributed by atoms with Crippen molar-refractivity contribution in [2.45, 2.75) is 0 Å². The third kappa shape index (κ3) is 1.19. The topological polar surface area (TPSA) is 50.4 Å². The van der Waals surface area contributed by atoms with Crippen molar-refractivity contribution in [1.82, 2.24) is 0 Å². The summed E-state index contributed by atoms with van der Waals surface area (Å²) in [5, 5.41) is 10.4. The van der Waals surface area contributed by atoms with E-state index in [9.17, 15) is 9.90 Å². The van der Waals surface area contributed by atoms with Crippen LogP contribution in [0.5, 0.6) is 5.75 Å². The fourth-order valence-electron chi connectivity index (χ4n) is 1.30. The highest BCUT2D eigenvalue weighted by Gasteiger charge is 2.06. The minimum Gasteiger partial charge on any atom is -0.504 e. The normalized spacial score (nSPS) is 10.3. The maximum absolute atomic E-state index is 10.9. The third-order valence-electron chi connectivity index (χ3n) is 2.01. The molecule has 14 heavy (non-hydrogen) atoms. The lowest BCUT2D eigenvalue weighted by atomic mass is 10.1. The Morgan fingerprint density at radius 1 is 1.29 bits per heavy atom. The minimum atomic E-state index is -0.478. The van der Waals surface area contributed by atoms with Crippen LogP contribution in [0.1, 0.15) is 5.56 Å². The van der Waals surface area contributed by atoms with Crippen LogP contribution >= 0.6 is 0 Å². The van der Waals surface area contributed by atoms with Crippen molar-refractivity contribution in [3.05, 3.63) is 46.8 Å². The van der Waals surface area contributed by atoms with E-state index in [0.717, 1.165) is 0 Å². The second-order valence-corrected chi connectivity index (χ2v) is 2.88. The minimum absolute atomic E-state index is 0.0461. The fraction of sp³-hybridized carbons (Fsp3) is 0. The molecular weight excluding hydrogens is 180 g/mol. The first-order valence-corrected chi connectivity index (χ1v) is 4.10. The summed E-state index contributed by atoms with van der Waals surface area (Å²) in [6.45, 7) is 3.54. The van der Waals surface area contributed by atoms with Crippen LogP contribution < -0.4 is 5.63 Å². The van der Waals surface area contributed by atoms with Crippen molar-refractivity contribution >= 4 is 17.0 Å². The van der Waals surface area contributed by atoms with Crippen LogP contribution in [0.3, 0.4) is 0 Å². The maximum Gasteiger partial charge on any atom is 0.336 e. The first kappa shape index (κ1) is 8.56. The molecule has 0 spiro atoms. The van der Waals surface area contributed by atoms with Gasteiger partial charge in [-0.3, -0.25) is 0 Å². The Labute approximate surface area is 79.9 Å².